The topological polar surface area (TPSA) is 6.48 Å². The van der Waals surface area contributed by atoms with Gasteiger partial charge in [-0.15, -0.1) is 0 Å². The number of fused-ring (bicyclic) bond motifs is 2. The summed E-state index contributed by atoms with van der Waals surface area (Å²) in [5.74, 6) is 0. The molecule has 0 aliphatic carbocycles. The summed E-state index contributed by atoms with van der Waals surface area (Å²) in [5, 5.41) is 10.8. The van der Waals surface area contributed by atoms with Gasteiger partial charge in [-0.1, -0.05) is 90.0 Å². The Morgan fingerprint density at radius 1 is 0.432 bits per heavy atom. The van der Waals surface area contributed by atoms with E-state index in [2.05, 4.69) is 163 Å². The van der Waals surface area contributed by atoms with E-state index in [1.807, 2.05) is 0 Å². The molecular formula is C40H42N2P2. The SMILES string of the molecule is Cc1cc(Pc2ccc3ccccc3c2-c2c(Pc3cc(C)c(N(C)C)c(C)c3)ccc3ccccc23)cc(C)c1N(C)C. The van der Waals surface area contributed by atoms with Gasteiger partial charge in [0.2, 0.25) is 0 Å². The average molecular weight is 613 g/mol. The highest BCUT2D eigenvalue weighted by molar-refractivity contribution is 7.56. The van der Waals surface area contributed by atoms with Gasteiger partial charge in [0.1, 0.15) is 0 Å². The summed E-state index contributed by atoms with van der Waals surface area (Å²) in [4.78, 5) is 4.47. The first-order chi connectivity index (χ1) is 21.1. The lowest BCUT2D eigenvalue weighted by Crippen LogP contribution is -2.17. The molecule has 0 spiro atoms. The third-order valence-corrected chi connectivity index (χ3v) is 11.1. The van der Waals surface area contributed by atoms with Crippen molar-refractivity contribution in [3.8, 4) is 11.1 Å². The predicted octanol–water partition coefficient (Wildman–Crippen LogP) is 8.28. The minimum atomic E-state index is 0.553. The summed E-state index contributed by atoms with van der Waals surface area (Å²) < 4.78 is 0. The maximum absolute atomic E-state index is 2.39. The number of anilines is 2. The number of benzene rings is 6. The highest BCUT2D eigenvalue weighted by Crippen LogP contribution is 2.38. The summed E-state index contributed by atoms with van der Waals surface area (Å²) in [6.45, 7) is 8.97. The first-order valence-corrected chi connectivity index (χ1v) is 17.3. The van der Waals surface area contributed by atoms with Crippen molar-refractivity contribution < 1.29 is 0 Å². The Morgan fingerprint density at radius 3 is 1.11 bits per heavy atom. The van der Waals surface area contributed by atoms with Crippen LogP contribution in [0.1, 0.15) is 22.3 Å². The van der Waals surface area contributed by atoms with Crippen LogP contribution in [-0.2, 0) is 0 Å². The molecule has 2 atom stereocenters. The molecule has 0 fully saturated rings. The Kier molecular flexibility index (Phi) is 8.52. The second kappa shape index (κ2) is 12.4. The molecule has 6 aromatic rings. The van der Waals surface area contributed by atoms with Crippen LogP contribution in [0.5, 0.6) is 0 Å². The quantitative estimate of drug-likeness (QED) is 0.168. The van der Waals surface area contributed by atoms with E-state index in [9.17, 15) is 0 Å². The molecule has 222 valence electrons. The molecule has 2 unspecified atom stereocenters. The number of aryl methyl sites for hydroxylation is 4. The molecule has 0 bridgehead atoms. The Balaban J connectivity index is 1.59. The Bertz CT molecular complexity index is 1830. The minimum Gasteiger partial charge on any atom is -0.377 e. The lowest BCUT2D eigenvalue weighted by Gasteiger charge is -2.22. The maximum atomic E-state index is 2.39. The van der Waals surface area contributed by atoms with Gasteiger partial charge in [-0.3, -0.25) is 0 Å². The van der Waals surface area contributed by atoms with Crippen molar-refractivity contribution in [1.82, 2.24) is 0 Å². The molecular weight excluding hydrogens is 570 g/mol. The second-order valence-corrected chi connectivity index (χ2v) is 15.1. The lowest BCUT2D eigenvalue weighted by molar-refractivity contribution is 1.10. The fraction of sp³-hybridized carbons (Fsp3) is 0.200. The Morgan fingerprint density at radius 2 is 0.773 bits per heavy atom. The van der Waals surface area contributed by atoms with Gasteiger partial charge in [-0.2, -0.15) is 0 Å². The molecule has 0 radical (unpaired) electrons. The van der Waals surface area contributed by atoms with E-state index in [1.165, 1.54) is 87.5 Å². The zero-order valence-electron chi connectivity index (χ0n) is 27.1. The van der Waals surface area contributed by atoms with Crippen molar-refractivity contribution in [3.05, 3.63) is 119 Å². The number of hydrogen-bond donors (Lipinski definition) is 0. The van der Waals surface area contributed by atoms with Crippen molar-refractivity contribution in [3.63, 3.8) is 0 Å². The minimum absolute atomic E-state index is 0.553. The van der Waals surface area contributed by atoms with Crippen LogP contribution in [0.4, 0.5) is 11.4 Å². The first-order valence-electron chi connectivity index (χ1n) is 15.3. The molecule has 0 N–H and O–H groups in total. The molecule has 4 heteroatoms. The molecule has 6 aromatic carbocycles. The van der Waals surface area contributed by atoms with Crippen molar-refractivity contribution in [2.24, 2.45) is 0 Å². The smallest absolute Gasteiger partial charge is 0.0420 e. The van der Waals surface area contributed by atoms with Crippen LogP contribution in [0, 0.1) is 27.7 Å². The Labute approximate surface area is 266 Å². The molecule has 0 aliphatic heterocycles. The van der Waals surface area contributed by atoms with E-state index in [0.29, 0.717) is 17.2 Å². The standard InChI is InChI=1S/C40H42N2P2/c1-25-21-31(22-26(2)39(25)41(5)6)43-35-19-17-29-13-9-11-15-33(29)37(35)38-34-16-12-10-14-30(34)18-20-36(38)44-32-23-27(3)40(42(7)8)28(4)24-32/h9-24,43-44H,1-8H3. The van der Waals surface area contributed by atoms with Crippen molar-refractivity contribution in [2.45, 2.75) is 27.7 Å². The van der Waals surface area contributed by atoms with Crippen LogP contribution >= 0.6 is 17.2 Å². The predicted molar refractivity (Wildman–Crippen MR) is 203 cm³/mol. The molecule has 2 nitrogen and oxygen atoms in total. The van der Waals surface area contributed by atoms with Gasteiger partial charge >= 0.3 is 0 Å². The van der Waals surface area contributed by atoms with Crippen LogP contribution in [0.2, 0.25) is 0 Å². The zero-order valence-corrected chi connectivity index (χ0v) is 29.1. The molecule has 44 heavy (non-hydrogen) atoms. The van der Waals surface area contributed by atoms with Gasteiger partial charge in [0.05, 0.1) is 0 Å². The van der Waals surface area contributed by atoms with Crippen LogP contribution in [0.15, 0.2) is 97.1 Å². The van der Waals surface area contributed by atoms with Crippen LogP contribution in [0.3, 0.4) is 0 Å². The zero-order chi connectivity index (χ0) is 31.1. The van der Waals surface area contributed by atoms with Gasteiger partial charge in [0.15, 0.2) is 0 Å². The summed E-state index contributed by atoms with van der Waals surface area (Å²) in [7, 11) is 9.66. The van der Waals surface area contributed by atoms with E-state index < -0.39 is 0 Å². The third kappa shape index (κ3) is 5.75. The molecule has 0 amide bonds. The molecule has 0 saturated heterocycles. The van der Waals surface area contributed by atoms with Gasteiger partial charge in [-0.05, 0) is 128 Å². The van der Waals surface area contributed by atoms with E-state index in [1.54, 1.807) is 0 Å². The molecule has 0 heterocycles. The molecule has 0 saturated carbocycles. The highest BCUT2D eigenvalue weighted by atomic mass is 31.1. The van der Waals surface area contributed by atoms with E-state index >= 15 is 0 Å². The monoisotopic (exact) mass is 612 g/mol. The highest BCUT2D eigenvalue weighted by Gasteiger charge is 2.19. The normalized spacial score (nSPS) is 11.9. The van der Waals surface area contributed by atoms with Crippen LogP contribution < -0.4 is 31.0 Å². The Hall–Kier alpha value is -3.70. The number of nitrogens with zero attached hydrogens (tertiary/aromatic N) is 2. The van der Waals surface area contributed by atoms with Gasteiger partial charge < -0.3 is 9.80 Å². The summed E-state index contributed by atoms with van der Waals surface area (Å²) in [6, 6.07) is 36.8. The van der Waals surface area contributed by atoms with E-state index in [4.69, 9.17) is 0 Å². The largest absolute Gasteiger partial charge is 0.377 e. The van der Waals surface area contributed by atoms with Crippen LogP contribution in [0.25, 0.3) is 32.7 Å². The fourth-order valence-corrected chi connectivity index (χ4v) is 9.95. The van der Waals surface area contributed by atoms with Crippen molar-refractivity contribution >= 4 is 71.3 Å². The number of rotatable bonds is 7. The molecule has 6 rings (SSSR count). The first kappa shape index (κ1) is 30.3. The van der Waals surface area contributed by atoms with Crippen molar-refractivity contribution in [2.75, 3.05) is 38.0 Å². The summed E-state index contributed by atoms with van der Waals surface area (Å²) in [5.41, 5.74) is 10.7. The summed E-state index contributed by atoms with van der Waals surface area (Å²) >= 11 is 0. The lowest BCUT2D eigenvalue weighted by atomic mass is 9.93. The maximum Gasteiger partial charge on any atom is 0.0420 e. The van der Waals surface area contributed by atoms with E-state index in [-0.39, 0.29) is 0 Å². The van der Waals surface area contributed by atoms with Crippen molar-refractivity contribution in [1.29, 1.82) is 0 Å². The van der Waals surface area contributed by atoms with E-state index in [0.717, 1.165) is 0 Å². The number of hydrogen-bond acceptors (Lipinski definition) is 2. The fourth-order valence-electron chi connectivity index (χ4n) is 7.07. The van der Waals surface area contributed by atoms with Gasteiger partial charge in [-0.25, -0.2) is 0 Å². The third-order valence-electron chi connectivity index (χ3n) is 8.54. The second-order valence-electron chi connectivity index (χ2n) is 12.4. The van der Waals surface area contributed by atoms with Gasteiger partial charge in [0, 0.05) is 39.6 Å². The van der Waals surface area contributed by atoms with Crippen LogP contribution in [-0.4, -0.2) is 28.2 Å². The molecule has 0 aromatic heterocycles. The summed E-state index contributed by atoms with van der Waals surface area (Å²) in [6.07, 6.45) is 0. The van der Waals surface area contributed by atoms with Gasteiger partial charge in [0.25, 0.3) is 0 Å². The average Bonchev–Trinajstić information content (AvgIpc) is 2.96. The molecule has 0 aliphatic rings.